The van der Waals surface area contributed by atoms with E-state index in [1.807, 2.05) is 13.8 Å². The Morgan fingerprint density at radius 2 is 2.17 bits per heavy atom. The van der Waals surface area contributed by atoms with E-state index in [0.29, 0.717) is 18.3 Å². The quantitative estimate of drug-likeness (QED) is 0.910. The molecule has 0 aliphatic carbocycles. The third kappa shape index (κ3) is 3.31. The topological polar surface area (TPSA) is 70.4 Å². The van der Waals surface area contributed by atoms with E-state index in [4.69, 9.17) is 4.42 Å². The number of aryl methyl sites for hydroxylation is 2. The van der Waals surface area contributed by atoms with Gasteiger partial charge in [-0.15, -0.1) is 0 Å². The molecule has 23 heavy (non-hydrogen) atoms. The highest BCUT2D eigenvalue weighted by atomic mass is 16.4. The average molecular weight is 314 g/mol. The van der Waals surface area contributed by atoms with Crippen LogP contribution in [0.4, 0.5) is 16.5 Å². The monoisotopic (exact) mass is 314 g/mol. The molecule has 1 aliphatic heterocycles. The first-order valence-corrected chi connectivity index (χ1v) is 7.88. The van der Waals surface area contributed by atoms with Crippen LogP contribution in [0.15, 0.2) is 28.7 Å². The Labute approximate surface area is 135 Å². The average Bonchev–Trinajstić information content (AvgIpc) is 2.99. The standard InChI is InChI=1S/C17H22N4O2/c1-11-10-14-6-4-5-7-15(14)21(11)9-8-18-16(22)20-17-19-12(2)13(3)23-17/h4-7,11H,8-10H2,1-3H3,(H2,18,19,20,22)/t11-/m1/s1. The summed E-state index contributed by atoms with van der Waals surface area (Å²) < 4.78 is 5.33. The first kappa shape index (κ1) is 15.4. The lowest BCUT2D eigenvalue weighted by Gasteiger charge is -2.24. The van der Waals surface area contributed by atoms with Crippen LogP contribution >= 0.6 is 0 Å². The van der Waals surface area contributed by atoms with Crippen molar-refractivity contribution in [1.82, 2.24) is 10.3 Å². The summed E-state index contributed by atoms with van der Waals surface area (Å²) in [4.78, 5) is 18.4. The van der Waals surface area contributed by atoms with Crippen LogP contribution in [-0.2, 0) is 6.42 Å². The van der Waals surface area contributed by atoms with Crippen LogP contribution in [0.2, 0.25) is 0 Å². The number of anilines is 2. The number of para-hydroxylation sites is 1. The Hall–Kier alpha value is -2.50. The molecule has 0 spiro atoms. The zero-order chi connectivity index (χ0) is 16.4. The molecule has 1 aromatic heterocycles. The van der Waals surface area contributed by atoms with Gasteiger partial charge >= 0.3 is 12.0 Å². The molecule has 6 heteroatoms. The minimum Gasteiger partial charge on any atom is -0.428 e. The maximum atomic E-state index is 11.9. The number of carbonyl (C=O) groups is 1. The van der Waals surface area contributed by atoms with Gasteiger partial charge in [0.15, 0.2) is 0 Å². The van der Waals surface area contributed by atoms with Crippen molar-refractivity contribution < 1.29 is 9.21 Å². The number of oxazole rings is 1. The number of rotatable bonds is 4. The fraction of sp³-hybridized carbons (Fsp3) is 0.412. The highest BCUT2D eigenvalue weighted by Gasteiger charge is 2.24. The summed E-state index contributed by atoms with van der Waals surface area (Å²) in [6.45, 7) is 7.20. The van der Waals surface area contributed by atoms with Gasteiger partial charge in [-0.3, -0.25) is 5.32 Å². The molecule has 0 fully saturated rings. The number of nitrogens with one attached hydrogen (secondary N) is 2. The van der Waals surface area contributed by atoms with E-state index in [1.54, 1.807) is 0 Å². The Morgan fingerprint density at radius 3 is 2.91 bits per heavy atom. The van der Waals surface area contributed by atoms with Crippen LogP contribution in [0.1, 0.15) is 23.9 Å². The highest BCUT2D eigenvalue weighted by Crippen LogP contribution is 2.31. The molecule has 0 radical (unpaired) electrons. The van der Waals surface area contributed by atoms with E-state index >= 15 is 0 Å². The van der Waals surface area contributed by atoms with Crippen LogP contribution in [-0.4, -0.2) is 30.1 Å². The second-order valence-electron chi connectivity index (χ2n) is 5.92. The third-order valence-electron chi connectivity index (χ3n) is 4.24. The van der Waals surface area contributed by atoms with Crippen molar-refractivity contribution in [2.75, 3.05) is 23.3 Å². The maximum absolute atomic E-state index is 11.9. The predicted octanol–water partition coefficient (Wildman–Crippen LogP) is 2.86. The number of aromatic nitrogens is 1. The summed E-state index contributed by atoms with van der Waals surface area (Å²) >= 11 is 0. The third-order valence-corrected chi connectivity index (χ3v) is 4.24. The lowest BCUT2D eigenvalue weighted by Crippen LogP contribution is -2.39. The minimum atomic E-state index is -0.300. The highest BCUT2D eigenvalue weighted by molar-refractivity contribution is 5.87. The molecule has 3 rings (SSSR count). The van der Waals surface area contributed by atoms with Crippen molar-refractivity contribution in [1.29, 1.82) is 0 Å². The number of fused-ring (bicyclic) bond motifs is 1. The lowest BCUT2D eigenvalue weighted by atomic mass is 10.1. The van der Waals surface area contributed by atoms with Crippen molar-refractivity contribution in [2.45, 2.75) is 33.2 Å². The van der Waals surface area contributed by atoms with Gasteiger partial charge in [0.2, 0.25) is 0 Å². The molecular formula is C17H22N4O2. The van der Waals surface area contributed by atoms with E-state index in [1.165, 1.54) is 11.3 Å². The van der Waals surface area contributed by atoms with Crippen molar-refractivity contribution >= 4 is 17.7 Å². The number of urea groups is 1. The zero-order valence-corrected chi connectivity index (χ0v) is 13.7. The fourth-order valence-electron chi connectivity index (χ4n) is 2.93. The second-order valence-corrected chi connectivity index (χ2v) is 5.92. The number of benzene rings is 1. The van der Waals surface area contributed by atoms with Crippen molar-refractivity contribution in [3.63, 3.8) is 0 Å². The summed E-state index contributed by atoms with van der Waals surface area (Å²) in [5.74, 6) is 0.711. The lowest BCUT2D eigenvalue weighted by molar-refractivity contribution is 0.251. The van der Waals surface area contributed by atoms with Gasteiger partial charge in [-0.2, -0.15) is 4.98 Å². The van der Waals surface area contributed by atoms with Crippen LogP contribution < -0.4 is 15.5 Å². The van der Waals surface area contributed by atoms with Crippen molar-refractivity contribution in [3.8, 4) is 0 Å². The number of nitrogens with zero attached hydrogens (tertiary/aromatic N) is 2. The molecule has 2 aromatic rings. The van der Waals surface area contributed by atoms with Gasteiger partial charge in [0.25, 0.3) is 0 Å². The molecule has 1 atom stereocenters. The Balaban J connectivity index is 1.50. The fourth-order valence-corrected chi connectivity index (χ4v) is 2.93. The first-order valence-electron chi connectivity index (χ1n) is 7.88. The number of amides is 2. The summed E-state index contributed by atoms with van der Waals surface area (Å²) in [6, 6.07) is 8.81. The summed E-state index contributed by atoms with van der Waals surface area (Å²) in [6.07, 6.45) is 1.05. The molecule has 0 saturated heterocycles. The Morgan fingerprint density at radius 1 is 1.39 bits per heavy atom. The van der Waals surface area contributed by atoms with E-state index in [2.05, 4.69) is 51.7 Å². The van der Waals surface area contributed by atoms with E-state index < -0.39 is 0 Å². The Bertz CT molecular complexity index is 691. The molecule has 1 aromatic carbocycles. The van der Waals surface area contributed by atoms with Gasteiger partial charge in [-0.05, 0) is 38.8 Å². The molecule has 0 saturated carbocycles. The van der Waals surface area contributed by atoms with Gasteiger partial charge in [0.1, 0.15) is 5.76 Å². The molecule has 1 aliphatic rings. The SMILES string of the molecule is Cc1nc(NC(=O)NCCN2c3ccccc3C[C@H]2C)oc1C. The number of hydrogen-bond acceptors (Lipinski definition) is 4. The van der Waals surface area contributed by atoms with E-state index in [0.717, 1.165) is 18.7 Å². The van der Waals surface area contributed by atoms with E-state index in [-0.39, 0.29) is 12.0 Å². The van der Waals surface area contributed by atoms with E-state index in [9.17, 15) is 4.79 Å². The van der Waals surface area contributed by atoms with Gasteiger partial charge in [0.05, 0.1) is 5.69 Å². The second kappa shape index (κ2) is 6.32. The van der Waals surface area contributed by atoms with Gasteiger partial charge < -0.3 is 14.6 Å². The maximum Gasteiger partial charge on any atom is 0.322 e. The summed E-state index contributed by atoms with van der Waals surface area (Å²) in [5, 5.41) is 5.46. The van der Waals surface area contributed by atoms with Gasteiger partial charge in [0, 0.05) is 24.8 Å². The molecular weight excluding hydrogens is 292 g/mol. The van der Waals surface area contributed by atoms with Crippen LogP contribution in [0.3, 0.4) is 0 Å². The largest absolute Gasteiger partial charge is 0.428 e. The van der Waals surface area contributed by atoms with Crippen molar-refractivity contribution in [2.24, 2.45) is 0 Å². The van der Waals surface area contributed by atoms with Gasteiger partial charge in [-0.1, -0.05) is 18.2 Å². The van der Waals surface area contributed by atoms with Crippen molar-refractivity contribution in [3.05, 3.63) is 41.3 Å². The number of carbonyl (C=O) groups excluding carboxylic acids is 1. The number of hydrogen-bond donors (Lipinski definition) is 2. The molecule has 0 unspecified atom stereocenters. The molecule has 2 N–H and O–H groups in total. The zero-order valence-electron chi connectivity index (χ0n) is 13.7. The van der Waals surface area contributed by atoms with Crippen LogP contribution in [0, 0.1) is 13.8 Å². The first-order chi connectivity index (χ1) is 11.0. The molecule has 2 amide bonds. The summed E-state index contributed by atoms with van der Waals surface area (Å²) in [7, 11) is 0. The molecule has 122 valence electrons. The minimum absolute atomic E-state index is 0.234. The molecule has 6 nitrogen and oxygen atoms in total. The molecule has 2 heterocycles. The smallest absolute Gasteiger partial charge is 0.322 e. The normalized spacial score (nSPS) is 16.3. The van der Waals surface area contributed by atoms with Crippen LogP contribution in [0.5, 0.6) is 0 Å². The van der Waals surface area contributed by atoms with Gasteiger partial charge in [-0.25, -0.2) is 4.79 Å². The van der Waals surface area contributed by atoms with Crippen LogP contribution in [0.25, 0.3) is 0 Å². The predicted molar refractivity (Wildman–Crippen MR) is 90.0 cm³/mol. The summed E-state index contributed by atoms with van der Waals surface area (Å²) in [5.41, 5.74) is 3.42. The Kier molecular flexibility index (Phi) is 4.23. The molecule has 0 bridgehead atoms.